The second kappa shape index (κ2) is 5.23. The lowest BCUT2D eigenvalue weighted by molar-refractivity contribution is 0.0891. The Morgan fingerprint density at radius 2 is 2.27 bits per heavy atom. The van der Waals surface area contributed by atoms with Crippen LogP contribution in [0.25, 0.3) is 0 Å². The van der Waals surface area contributed by atoms with Gasteiger partial charge in [-0.2, -0.15) is 0 Å². The van der Waals surface area contributed by atoms with Crippen molar-refractivity contribution in [3.63, 3.8) is 0 Å². The molecule has 0 radical (unpaired) electrons. The summed E-state index contributed by atoms with van der Waals surface area (Å²) >= 11 is 1.41. The Morgan fingerprint density at radius 3 is 2.67 bits per heavy atom. The zero-order valence-electron chi connectivity index (χ0n) is 9.12. The molecule has 4 nitrogen and oxygen atoms in total. The maximum atomic E-state index is 11.8. The molecular formula is C10H17N3OS. The van der Waals surface area contributed by atoms with Gasteiger partial charge in [0.1, 0.15) is 5.69 Å². The Hall–Kier alpha value is -0.940. The van der Waals surface area contributed by atoms with E-state index in [2.05, 4.69) is 10.3 Å². The minimum atomic E-state index is -0.291. The van der Waals surface area contributed by atoms with Crippen LogP contribution < -0.4 is 11.1 Å². The monoisotopic (exact) mass is 227 g/mol. The van der Waals surface area contributed by atoms with E-state index >= 15 is 0 Å². The van der Waals surface area contributed by atoms with Crippen LogP contribution in [-0.2, 0) is 0 Å². The zero-order valence-corrected chi connectivity index (χ0v) is 9.93. The molecule has 1 amide bonds. The smallest absolute Gasteiger partial charge is 0.271 e. The van der Waals surface area contributed by atoms with Gasteiger partial charge in [0.15, 0.2) is 0 Å². The first kappa shape index (κ1) is 12.1. The Kier molecular flexibility index (Phi) is 4.23. The number of carbonyl (C=O) groups is 1. The molecule has 0 saturated heterocycles. The molecule has 3 N–H and O–H groups in total. The topological polar surface area (TPSA) is 68.0 Å². The number of nitrogens with one attached hydrogen (secondary N) is 1. The molecule has 0 aliphatic heterocycles. The number of aromatic nitrogens is 1. The lowest BCUT2D eigenvalue weighted by Gasteiger charge is -2.31. The molecule has 0 aromatic carbocycles. The van der Waals surface area contributed by atoms with Gasteiger partial charge in [0.2, 0.25) is 0 Å². The van der Waals surface area contributed by atoms with E-state index in [1.165, 1.54) is 11.3 Å². The molecule has 1 heterocycles. The first-order chi connectivity index (χ1) is 7.17. The van der Waals surface area contributed by atoms with Gasteiger partial charge in [0.05, 0.1) is 11.0 Å². The van der Waals surface area contributed by atoms with Crippen LogP contribution in [0.4, 0.5) is 0 Å². The number of nitrogens with zero attached hydrogens (tertiary/aromatic N) is 1. The van der Waals surface area contributed by atoms with E-state index < -0.39 is 0 Å². The third-order valence-corrected chi connectivity index (χ3v) is 3.37. The van der Waals surface area contributed by atoms with Gasteiger partial charge in [0, 0.05) is 11.9 Å². The Bertz CT molecular complexity index is 298. The van der Waals surface area contributed by atoms with Gasteiger partial charge in [-0.05, 0) is 12.8 Å². The van der Waals surface area contributed by atoms with E-state index in [0.29, 0.717) is 12.2 Å². The van der Waals surface area contributed by atoms with Gasteiger partial charge < -0.3 is 11.1 Å². The lowest BCUT2D eigenvalue weighted by Crippen LogP contribution is -2.52. The van der Waals surface area contributed by atoms with Gasteiger partial charge in [-0.1, -0.05) is 13.8 Å². The maximum Gasteiger partial charge on any atom is 0.271 e. The Balaban J connectivity index is 2.71. The summed E-state index contributed by atoms with van der Waals surface area (Å²) in [5, 5.41) is 4.70. The molecule has 0 aliphatic carbocycles. The van der Waals surface area contributed by atoms with Crippen LogP contribution in [0.15, 0.2) is 10.9 Å². The van der Waals surface area contributed by atoms with Crippen LogP contribution in [0, 0.1) is 0 Å². The van der Waals surface area contributed by atoms with E-state index in [4.69, 9.17) is 5.73 Å². The van der Waals surface area contributed by atoms with E-state index in [9.17, 15) is 4.79 Å². The van der Waals surface area contributed by atoms with Crippen molar-refractivity contribution < 1.29 is 4.79 Å². The highest BCUT2D eigenvalue weighted by molar-refractivity contribution is 7.07. The lowest BCUT2D eigenvalue weighted by atomic mass is 9.93. The fourth-order valence-corrected chi connectivity index (χ4v) is 1.93. The zero-order chi connectivity index (χ0) is 11.3. The van der Waals surface area contributed by atoms with Crippen molar-refractivity contribution >= 4 is 17.2 Å². The molecule has 1 aromatic rings. The number of nitrogens with two attached hydrogens (primary N) is 1. The van der Waals surface area contributed by atoms with Crippen molar-refractivity contribution in [2.24, 2.45) is 5.73 Å². The first-order valence-electron chi connectivity index (χ1n) is 5.08. The highest BCUT2D eigenvalue weighted by Gasteiger charge is 2.27. The fraction of sp³-hybridized carbons (Fsp3) is 0.600. The van der Waals surface area contributed by atoms with Crippen molar-refractivity contribution in [3.8, 4) is 0 Å². The molecule has 0 fully saturated rings. The molecule has 5 heteroatoms. The quantitative estimate of drug-likeness (QED) is 0.798. The summed E-state index contributed by atoms with van der Waals surface area (Å²) in [7, 11) is 0. The number of carbonyl (C=O) groups excluding carboxylic acids is 1. The molecule has 0 atom stereocenters. The average molecular weight is 227 g/mol. The third-order valence-electron chi connectivity index (χ3n) is 2.79. The molecule has 84 valence electrons. The van der Waals surface area contributed by atoms with Crippen LogP contribution in [-0.4, -0.2) is 23.0 Å². The van der Waals surface area contributed by atoms with Gasteiger partial charge in [0.25, 0.3) is 5.91 Å². The van der Waals surface area contributed by atoms with E-state index in [1.54, 1.807) is 10.9 Å². The molecular weight excluding hydrogens is 210 g/mol. The highest BCUT2D eigenvalue weighted by Crippen LogP contribution is 2.14. The SMILES string of the molecule is CCC(CC)(CN)NC(=O)c1cscn1. The van der Waals surface area contributed by atoms with Crippen LogP contribution in [0.5, 0.6) is 0 Å². The number of thiazole rings is 1. The number of amides is 1. The molecule has 0 saturated carbocycles. The number of hydrogen-bond acceptors (Lipinski definition) is 4. The second-order valence-corrected chi connectivity index (χ2v) is 4.24. The highest BCUT2D eigenvalue weighted by atomic mass is 32.1. The van der Waals surface area contributed by atoms with Crippen molar-refractivity contribution in [2.75, 3.05) is 6.54 Å². The minimum Gasteiger partial charge on any atom is -0.344 e. The molecule has 0 unspecified atom stereocenters. The summed E-state index contributed by atoms with van der Waals surface area (Å²) in [6.45, 7) is 4.51. The fourth-order valence-electron chi connectivity index (χ4n) is 1.40. The molecule has 0 aliphatic rings. The van der Waals surface area contributed by atoms with Crippen LogP contribution in [0.2, 0.25) is 0 Å². The second-order valence-electron chi connectivity index (χ2n) is 3.52. The summed E-state index contributed by atoms with van der Waals surface area (Å²) in [5.74, 6) is -0.134. The van der Waals surface area contributed by atoms with Crippen molar-refractivity contribution in [1.82, 2.24) is 10.3 Å². The van der Waals surface area contributed by atoms with E-state index in [0.717, 1.165) is 12.8 Å². The van der Waals surface area contributed by atoms with Crippen LogP contribution in [0.3, 0.4) is 0 Å². The predicted molar refractivity (Wildman–Crippen MR) is 61.9 cm³/mol. The third kappa shape index (κ3) is 2.76. The van der Waals surface area contributed by atoms with Crippen molar-refractivity contribution in [3.05, 3.63) is 16.6 Å². The summed E-state index contributed by atoms with van der Waals surface area (Å²) in [4.78, 5) is 15.7. The summed E-state index contributed by atoms with van der Waals surface area (Å²) < 4.78 is 0. The largest absolute Gasteiger partial charge is 0.344 e. The van der Waals surface area contributed by atoms with Crippen LogP contribution >= 0.6 is 11.3 Å². The van der Waals surface area contributed by atoms with Gasteiger partial charge >= 0.3 is 0 Å². The number of rotatable bonds is 5. The standard InChI is InChI=1S/C10H17N3OS/c1-3-10(4-2,6-11)13-9(14)8-5-15-7-12-8/h5,7H,3-4,6,11H2,1-2H3,(H,13,14). The maximum absolute atomic E-state index is 11.8. The summed E-state index contributed by atoms with van der Waals surface area (Å²) in [6, 6.07) is 0. The van der Waals surface area contributed by atoms with Crippen LogP contribution in [0.1, 0.15) is 37.2 Å². The molecule has 15 heavy (non-hydrogen) atoms. The van der Waals surface area contributed by atoms with E-state index in [1.807, 2.05) is 13.8 Å². The Morgan fingerprint density at radius 1 is 1.60 bits per heavy atom. The van der Waals surface area contributed by atoms with Crippen molar-refractivity contribution in [2.45, 2.75) is 32.2 Å². The van der Waals surface area contributed by atoms with Crippen molar-refractivity contribution in [1.29, 1.82) is 0 Å². The Labute approximate surface area is 93.9 Å². The molecule has 0 bridgehead atoms. The predicted octanol–water partition coefficient (Wildman–Crippen LogP) is 1.39. The first-order valence-corrected chi connectivity index (χ1v) is 6.02. The van der Waals surface area contributed by atoms with E-state index in [-0.39, 0.29) is 11.4 Å². The van der Waals surface area contributed by atoms with Gasteiger partial charge in [-0.15, -0.1) is 11.3 Å². The minimum absolute atomic E-state index is 0.134. The molecule has 0 spiro atoms. The number of hydrogen-bond donors (Lipinski definition) is 2. The van der Waals surface area contributed by atoms with Gasteiger partial charge in [-0.3, -0.25) is 4.79 Å². The summed E-state index contributed by atoms with van der Waals surface area (Å²) in [6.07, 6.45) is 1.66. The average Bonchev–Trinajstić information content (AvgIpc) is 2.79. The van der Waals surface area contributed by atoms with Gasteiger partial charge in [-0.25, -0.2) is 4.98 Å². The molecule has 1 aromatic heterocycles. The summed E-state index contributed by atoms with van der Waals surface area (Å²) in [5.41, 5.74) is 7.53. The normalized spacial score (nSPS) is 11.4. The molecule has 1 rings (SSSR count).